The minimum absolute atomic E-state index is 0.271. The van der Waals surface area contributed by atoms with Gasteiger partial charge in [-0.1, -0.05) is 30.3 Å². The standard InChI is InChI=1S/C19H10N2O2/c22-19(23)11-8-10-4-3-5-12-16(10)13(9-11)18-17(12)20-14-6-1-2-7-15(14)21-18/h1-9H,(H,22,23). The number of aromatic carboxylic acids is 1. The van der Waals surface area contributed by atoms with Crippen LogP contribution in [0.4, 0.5) is 0 Å². The second-order valence-corrected chi connectivity index (χ2v) is 5.64. The first-order valence-electron chi connectivity index (χ1n) is 7.30. The van der Waals surface area contributed by atoms with Crippen LogP contribution in [0.2, 0.25) is 0 Å². The molecule has 23 heavy (non-hydrogen) atoms. The zero-order valence-corrected chi connectivity index (χ0v) is 11.9. The third-order valence-corrected chi connectivity index (χ3v) is 4.30. The molecule has 0 amide bonds. The molecule has 3 aromatic carbocycles. The van der Waals surface area contributed by atoms with Gasteiger partial charge >= 0.3 is 5.97 Å². The third kappa shape index (κ3) is 1.57. The summed E-state index contributed by atoms with van der Waals surface area (Å²) in [7, 11) is 0. The highest BCUT2D eigenvalue weighted by Gasteiger charge is 2.26. The largest absolute Gasteiger partial charge is 0.478 e. The molecule has 1 aliphatic rings. The van der Waals surface area contributed by atoms with Crippen LogP contribution in [0.1, 0.15) is 10.4 Å². The van der Waals surface area contributed by atoms with Crippen molar-refractivity contribution in [3.63, 3.8) is 0 Å². The average Bonchev–Trinajstić information content (AvgIpc) is 2.88. The fourth-order valence-corrected chi connectivity index (χ4v) is 3.31. The lowest BCUT2D eigenvalue weighted by atomic mass is 10.0. The summed E-state index contributed by atoms with van der Waals surface area (Å²) in [6.45, 7) is 0. The molecule has 0 atom stereocenters. The minimum Gasteiger partial charge on any atom is -0.478 e. The van der Waals surface area contributed by atoms with E-state index in [9.17, 15) is 9.90 Å². The maximum atomic E-state index is 11.4. The third-order valence-electron chi connectivity index (χ3n) is 4.30. The van der Waals surface area contributed by atoms with Crippen LogP contribution in [0, 0.1) is 0 Å². The Bertz CT molecular complexity index is 1150. The Labute approximate surface area is 131 Å². The van der Waals surface area contributed by atoms with E-state index in [0.29, 0.717) is 0 Å². The number of nitrogens with zero attached hydrogens (tertiary/aromatic N) is 2. The molecule has 0 saturated heterocycles. The number of rotatable bonds is 1. The Balaban J connectivity index is 1.97. The van der Waals surface area contributed by atoms with E-state index in [4.69, 9.17) is 9.97 Å². The van der Waals surface area contributed by atoms with E-state index in [-0.39, 0.29) is 5.56 Å². The fraction of sp³-hybridized carbons (Fsp3) is 0. The van der Waals surface area contributed by atoms with E-state index >= 15 is 0 Å². The number of carboxylic acids is 1. The van der Waals surface area contributed by atoms with Gasteiger partial charge in [0.1, 0.15) is 0 Å². The monoisotopic (exact) mass is 298 g/mol. The number of fused-ring (bicyclic) bond motifs is 4. The van der Waals surface area contributed by atoms with Crippen LogP contribution in [-0.2, 0) is 0 Å². The van der Waals surface area contributed by atoms with Gasteiger partial charge in [0.05, 0.1) is 28.0 Å². The predicted octanol–water partition coefficient (Wildman–Crippen LogP) is 4.13. The van der Waals surface area contributed by atoms with Gasteiger partial charge in [-0.25, -0.2) is 14.8 Å². The highest BCUT2D eigenvalue weighted by Crippen LogP contribution is 2.46. The Hall–Kier alpha value is -3.27. The SMILES string of the molecule is O=C(O)c1cc2c3c(cccc3c1)-c1nc3ccccc3nc1-2. The van der Waals surface area contributed by atoms with Crippen molar-refractivity contribution in [2.45, 2.75) is 0 Å². The van der Waals surface area contributed by atoms with Gasteiger partial charge in [0.2, 0.25) is 0 Å². The van der Waals surface area contributed by atoms with Crippen molar-refractivity contribution < 1.29 is 9.90 Å². The van der Waals surface area contributed by atoms with Gasteiger partial charge in [-0.15, -0.1) is 0 Å². The Kier molecular flexibility index (Phi) is 2.21. The van der Waals surface area contributed by atoms with Crippen LogP contribution in [0.25, 0.3) is 44.3 Å². The number of para-hydroxylation sites is 2. The normalized spacial score (nSPS) is 11.8. The lowest BCUT2D eigenvalue weighted by molar-refractivity contribution is 0.0697. The number of benzene rings is 3. The molecule has 0 spiro atoms. The quantitative estimate of drug-likeness (QED) is 0.505. The van der Waals surface area contributed by atoms with Crippen molar-refractivity contribution in [3.05, 3.63) is 60.2 Å². The highest BCUT2D eigenvalue weighted by molar-refractivity contribution is 6.16. The molecule has 0 saturated carbocycles. The fourth-order valence-electron chi connectivity index (χ4n) is 3.31. The Morgan fingerprint density at radius 1 is 0.826 bits per heavy atom. The van der Waals surface area contributed by atoms with Crippen molar-refractivity contribution >= 4 is 27.8 Å². The molecule has 4 heteroatoms. The summed E-state index contributed by atoms with van der Waals surface area (Å²) in [6, 6.07) is 17.0. The molecule has 5 rings (SSSR count). The van der Waals surface area contributed by atoms with Crippen LogP contribution in [0.3, 0.4) is 0 Å². The molecule has 1 aliphatic carbocycles. The summed E-state index contributed by atoms with van der Waals surface area (Å²) in [4.78, 5) is 20.9. The van der Waals surface area contributed by atoms with Gasteiger partial charge in [-0.2, -0.15) is 0 Å². The molecule has 4 aromatic rings. The summed E-state index contributed by atoms with van der Waals surface area (Å²) >= 11 is 0. The number of hydrogen-bond donors (Lipinski definition) is 1. The molecular weight excluding hydrogens is 288 g/mol. The number of carbonyl (C=O) groups is 1. The molecular formula is C19H10N2O2. The van der Waals surface area contributed by atoms with Crippen LogP contribution < -0.4 is 0 Å². The van der Waals surface area contributed by atoms with Gasteiger partial charge in [0.15, 0.2) is 0 Å². The van der Waals surface area contributed by atoms with E-state index in [0.717, 1.165) is 44.3 Å². The maximum Gasteiger partial charge on any atom is 0.335 e. The van der Waals surface area contributed by atoms with Crippen LogP contribution >= 0.6 is 0 Å². The van der Waals surface area contributed by atoms with Gasteiger partial charge in [-0.05, 0) is 29.7 Å². The number of aromatic nitrogens is 2. The number of carboxylic acid groups (broad SMARTS) is 1. The molecule has 108 valence electrons. The Morgan fingerprint density at radius 3 is 2.22 bits per heavy atom. The lowest BCUT2D eigenvalue weighted by Crippen LogP contribution is -1.96. The first-order valence-corrected chi connectivity index (χ1v) is 7.30. The van der Waals surface area contributed by atoms with Crippen molar-refractivity contribution in [3.8, 4) is 22.5 Å². The van der Waals surface area contributed by atoms with E-state index in [1.807, 2.05) is 42.5 Å². The summed E-state index contributed by atoms with van der Waals surface area (Å²) in [5, 5.41) is 11.3. The van der Waals surface area contributed by atoms with Crippen LogP contribution in [0.15, 0.2) is 54.6 Å². The molecule has 4 nitrogen and oxygen atoms in total. The van der Waals surface area contributed by atoms with Crippen molar-refractivity contribution in [1.29, 1.82) is 0 Å². The van der Waals surface area contributed by atoms with E-state index in [1.54, 1.807) is 12.1 Å². The van der Waals surface area contributed by atoms with Gasteiger partial charge in [-0.3, -0.25) is 0 Å². The van der Waals surface area contributed by atoms with Crippen LogP contribution in [0.5, 0.6) is 0 Å². The molecule has 0 radical (unpaired) electrons. The molecule has 1 N–H and O–H groups in total. The highest BCUT2D eigenvalue weighted by atomic mass is 16.4. The first kappa shape index (κ1) is 12.3. The second kappa shape index (κ2) is 4.14. The van der Waals surface area contributed by atoms with Crippen LogP contribution in [-0.4, -0.2) is 21.0 Å². The van der Waals surface area contributed by atoms with E-state index in [1.165, 1.54) is 0 Å². The number of hydrogen-bond acceptors (Lipinski definition) is 3. The molecule has 0 bridgehead atoms. The van der Waals surface area contributed by atoms with Crippen molar-refractivity contribution in [2.75, 3.05) is 0 Å². The summed E-state index contributed by atoms with van der Waals surface area (Å²) < 4.78 is 0. The van der Waals surface area contributed by atoms with E-state index < -0.39 is 5.97 Å². The maximum absolute atomic E-state index is 11.4. The summed E-state index contributed by atoms with van der Waals surface area (Å²) in [5.41, 5.74) is 5.38. The zero-order chi connectivity index (χ0) is 15.6. The average molecular weight is 298 g/mol. The second-order valence-electron chi connectivity index (χ2n) is 5.64. The summed E-state index contributed by atoms with van der Waals surface area (Å²) in [5.74, 6) is -0.934. The van der Waals surface area contributed by atoms with Crippen molar-refractivity contribution in [2.24, 2.45) is 0 Å². The van der Waals surface area contributed by atoms with Gasteiger partial charge in [0.25, 0.3) is 0 Å². The molecule has 0 fully saturated rings. The first-order chi connectivity index (χ1) is 11.2. The van der Waals surface area contributed by atoms with Crippen molar-refractivity contribution in [1.82, 2.24) is 9.97 Å². The molecule has 1 aromatic heterocycles. The molecule has 1 heterocycles. The zero-order valence-electron chi connectivity index (χ0n) is 11.9. The Morgan fingerprint density at radius 2 is 1.52 bits per heavy atom. The molecule has 0 unspecified atom stereocenters. The summed E-state index contributed by atoms with van der Waals surface area (Å²) in [6.07, 6.45) is 0. The van der Waals surface area contributed by atoms with Gasteiger partial charge < -0.3 is 5.11 Å². The molecule has 0 aliphatic heterocycles. The predicted molar refractivity (Wildman–Crippen MR) is 88.4 cm³/mol. The minimum atomic E-state index is -0.934. The smallest absolute Gasteiger partial charge is 0.335 e. The van der Waals surface area contributed by atoms with E-state index in [2.05, 4.69) is 0 Å². The van der Waals surface area contributed by atoms with Gasteiger partial charge in [0, 0.05) is 16.5 Å². The lowest BCUT2D eigenvalue weighted by Gasteiger charge is -2.04. The topological polar surface area (TPSA) is 63.1 Å².